The number of nitrogens with zero attached hydrogens (tertiary/aromatic N) is 3. The van der Waals surface area contributed by atoms with Gasteiger partial charge >= 0.3 is 5.97 Å². The Balaban J connectivity index is 1.48. The topological polar surface area (TPSA) is 102 Å². The second-order valence-electron chi connectivity index (χ2n) is 8.43. The van der Waals surface area contributed by atoms with E-state index >= 15 is 0 Å². The van der Waals surface area contributed by atoms with Crippen molar-refractivity contribution in [3.05, 3.63) is 75.8 Å². The van der Waals surface area contributed by atoms with Crippen LogP contribution in [0.4, 0.5) is 5.69 Å². The molecular weight excluding hydrogens is 430 g/mol. The summed E-state index contributed by atoms with van der Waals surface area (Å²) in [5.74, 6) is -0.669. The third-order valence-electron chi connectivity index (χ3n) is 6.18. The first-order valence-corrected chi connectivity index (χ1v) is 11.0. The van der Waals surface area contributed by atoms with Gasteiger partial charge in [0.05, 0.1) is 4.92 Å². The minimum atomic E-state index is -1.12. The van der Waals surface area contributed by atoms with Crippen LogP contribution in [-0.2, 0) is 20.9 Å². The molecule has 8 nitrogen and oxygen atoms in total. The van der Waals surface area contributed by atoms with Gasteiger partial charge in [-0.1, -0.05) is 30.3 Å². The monoisotopic (exact) mass is 453 g/mol. The Kier molecular flexibility index (Phi) is 5.54. The lowest BCUT2D eigenvalue weighted by Crippen LogP contribution is -2.71. The number of thioether (sulfide) groups is 1. The molecule has 4 rings (SSSR count). The van der Waals surface area contributed by atoms with Gasteiger partial charge in [0.2, 0.25) is 0 Å². The van der Waals surface area contributed by atoms with Gasteiger partial charge in [-0.25, -0.2) is 4.79 Å². The second-order valence-corrected chi connectivity index (χ2v) is 10.2. The standard InChI is InChI=1S/C23H23N3O5S/c1-22(2)23(3,21(28)31-14-16-7-5-4-6-8-16)25-19(27)18(20(25)32-22)24-13-15-9-11-17(12-10-15)26(29)30/h4-13,18,20H,14H2,1-3H3/t18-,20+,23-/m0/s1. The molecule has 166 valence electrons. The number of non-ortho nitro benzene ring substituents is 1. The second kappa shape index (κ2) is 8.05. The molecule has 2 aliphatic heterocycles. The van der Waals surface area contributed by atoms with E-state index in [9.17, 15) is 19.7 Å². The van der Waals surface area contributed by atoms with Gasteiger partial charge < -0.3 is 9.64 Å². The first-order chi connectivity index (χ1) is 15.1. The Hall–Kier alpha value is -3.20. The van der Waals surface area contributed by atoms with E-state index in [0.29, 0.717) is 5.56 Å². The number of carbonyl (C=O) groups excluding carboxylic acids is 2. The highest BCUT2D eigenvalue weighted by atomic mass is 32.2. The Labute approximate surface area is 189 Å². The molecule has 32 heavy (non-hydrogen) atoms. The van der Waals surface area contributed by atoms with Crippen LogP contribution < -0.4 is 0 Å². The summed E-state index contributed by atoms with van der Waals surface area (Å²) < 4.78 is 5.04. The van der Waals surface area contributed by atoms with Crippen molar-refractivity contribution in [3.8, 4) is 0 Å². The number of hydrogen-bond donors (Lipinski definition) is 0. The van der Waals surface area contributed by atoms with Gasteiger partial charge in [0, 0.05) is 23.1 Å². The van der Waals surface area contributed by atoms with E-state index in [2.05, 4.69) is 4.99 Å². The van der Waals surface area contributed by atoms with Crippen molar-refractivity contribution in [2.75, 3.05) is 0 Å². The van der Waals surface area contributed by atoms with E-state index < -0.39 is 27.2 Å². The van der Waals surface area contributed by atoms with Gasteiger partial charge in [-0.05, 0) is 44.0 Å². The molecule has 2 fully saturated rings. The van der Waals surface area contributed by atoms with Crippen molar-refractivity contribution < 1.29 is 19.2 Å². The Morgan fingerprint density at radius 1 is 1.19 bits per heavy atom. The van der Waals surface area contributed by atoms with Crippen molar-refractivity contribution in [3.63, 3.8) is 0 Å². The Morgan fingerprint density at radius 3 is 2.47 bits per heavy atom. The fraction of sp³-hybridized carbons (Fsp3) is 0.348. The predicted molar refractivity (Wildman–Crippen MR) is 121 cm³/mol. The van der Waals surface area contributed by atoms with Gasteiger partial charge in [-0.15, -0.1) is 11.8 Å². The van der Waals surface area contributed by atoms with Gasteiger partial charge in [0.1, 0.15) is 12.0 Å². The molecule has 0 radical (unpaired) electrons. The van der Waals surface area contributed by atoms with E-state index in [4.69, 9.17) is 4.74 Å². The number of carbonyl (C=O) groups is 2. The molecule has 2 aromatic rings. The maximum absolute atomic E-state index is 13.1. The minimum absolute atomic E-state index is 0.00840. The number of ether oxygens (including phenoxy) is 1. The summed E-state index contributed by atoms with van der Waals surface area (Å²) in [5.41, 5.74) is 0.415. The van der Waals surface area contributed by atoms with Crippen LogP contribution in [0, 0.1) is 10.1 Å². The van der Waals surface area contributed by atoms with Crippen molar-refractivity contribution in [2.24, 2.45) is 4.99 Å². The SMILES string of the molecule is CC1(C)S[C@@H]2[C@@H](N=Cc3ccc([N+](=O)[O-])cc3)C(=O)N2[C@@]1(C)C(=O)OCc1ccccc1. The molecule has 0 spiro atoms. The molecule has 2 aromatic carbocycles. The summed E-state index contributed by atoms with van der Waals surface area (Å²) in [6.45, 7) is 5.76. The Bertz CT molecular complexity index is 1090. The molecule has 2 saturated heterocycles. The molecule has 0 saturated carbocycles. The lowest BCUT2D eigenvalue weighted by Gasteiger charge is -2.47. The lowest BCUT2D eigenvalue weighted by atomic mass is 9.82. The molecule has 1 amide bonds. The largest absolute Gasteiger partial charge is 0.459 e. The van der Waals surface area contributed by atoms with E-state index in [1.807, 2.05) is 44.2 Å². The number of benzene rings is 2. The normalized spacial score (nSPS) is 26.0. The lowest BCUT2D eigenvalue weighted by molar-refractivity contribution is -0.384. The average Bonchev–Trinajstić information content (AvgIpc) is 2.96. The maximum Gasteiger partial charge on any atom is 0.333 e. The number of hydrogen-bond acceptors (Lipinski definition) is 7. The van der Waals surface area contributed by atoms with Gasteiger partial charge in [-0.2, -0.15) is 0 Å². The van der Waals surface area contributed by atoms with Crippen molar-refractivity contribution in [2.45, 2.75) is 49.1 Å². The zero-order valence-electron chi connectivity index (χ0n) is 17.9. The number of aliphatic imine (C=N–C) groups is 1. The average molecular weight is 454 g/mol. The zero-order valence-corrected chi connectivity index (χ0v) is 18.7. The molecule has 9 heteroatoms. The molecular formula is C23H23N3O5S. The first kappa shape index (κ1) is 22.0. The summed E-state index contributed by atoms with van der Waals surface area (Å²) in [5, 5.41) is 10.5. The quantitative estimate of drug-likeness (QED) is 0.218. The molecule has 0 unspecified atom stereocenters. The fourth-order valence-electron chi connectivity index (χ4n) is 3.94. The van der Waals surface area contributed by atoms with Crippen LogP contribution in [0.15, 0.2) is 59.6 Å². The van der Waals surface area contributed by atoms with E-state index in [1.54, 1.807) is 30.2 Å². The fourth-order valence-corrected chi connectivity index (χ4v) is 5.69. The molecule has 3 atom stereocenters. The molecule has 0 aliphatic carbocycles. The number of β-lactam (4-membered cyclic amide) rings is 1. The number of nitro groups is 1. The number of nitro benzene ring substituents is 1. The summed E-state index contributed by atoms with van der Waals surface area (Å²) in [6.07, 6.45) is 1.54. The number of rotatable bonds is 6. The highest BCUT2D eigenvalue weighted by molar-refractivity contribution is 8.01. The molecule has 2 aliphatic rings. The van der Waals surface area contributed by atoms with E-state index in [-0.39, 0.29) is 23.6 Å². The number of esters is 1. The van der Waals surface area contributed by atoms with Crippen molar-refractivity contribution in [1.29, 1.82) is 0 Å². The summed E-state index contributed by atoms with van der Waals surface area (Å²) in [4.78, 5) is 42.5. The van der Waals surface area contributed by atoms with E-state index in [0.717, 1.165) is 5.56 Å². The minimum Gasteiger partial charge on any atom is -0.459 e. The molecule has 2 heterocycles. The van der Waals surface area contributed by atoms with E-state index in [1.165, 1.54) is 23.9 Å². The summed E-state index contributed by atoms with van der Waals surface area (Å²) in [6, 6.07) is 14.7. The summed E-state index contributed by atoms with van der Waals surface area (Å²) in [7, 11) is 0. The van der Waals surface area contributed by atoms with Gasteiger partial charge in [0.25, 0.3) is 11.6 Å². The van der Waals surface area contributed by atoms with Crippen molar-refractivity contribution >= 4 is 35.5 Å². The van der Waals surface area contributed by atoms with Crippen LogP contribution in [-0.4, -0.2) is 49.6 Å². The smallest absolute Gasteiger partial charge is 0.333 e. The highest BCUT2D eigenvalue weighted by Crippen LogP contribution is 2.57. The zero-order chi connectivity index (χ0) is 23.1. The predicted octanol–water partition coefficient (Wildman–Crippen LogP) is 3.58. The Morgan fingerprint density at radius 2 is 1.84 bits per heavy atom. The van der Waals surface area contributed by atoms with Gasteiger partial charge in [0.15, 0.2) is 11.6 Å². The van der Waals surface area contributed by atoms with Crippen LogP contribution in [0.3, 0.4) is 0 Å². The maximum atomic E-state index is 13.1. The number of fused-ring (bicyclic) bond motifs is 1. The first-order valence-electron chi connectivity index (χ1n) is 10.1. The number of amides is 1. The molecule has 0 aromatic heterocycles. The van der Waals surface area contributed by atoms with Crippen molar-refractivity contribution in [1.82, 2.24) is 4.90 Å². The van der Waals surface area contributed by atoms with Crippen LogP contribution in [0.25, 0.3) is 0 Å². The third-order valence-corrected chi connectivity index (χ3v) is 7.88. The summed E-state index contributed by atoms with van der Waals surface area (Å²) >= 11 is 1.53. The highest BCUT2D eigenvalue weighted by Gasteiger charge is 2.71. The molecule has 0 bridgehead atoms. The van der Waals surface area contributed by atoms with Crippen LogP contribution in [0.5, 0.6) is 0 Å². The molecule has 0 N–H and O–H groups in total. The van der Waals surface area contributed by atoms with Crippen LogP contribution in [0.1, 0.15) is 31.9 Å². The van der Waals surface area contributed by atoms with Crippen LogP contribution >= 0.6 is 11.8 Å². The third kappa shape index (κ3) is 3.56. The van der Waals surface area contributed by atoms with Gasteiger partial charge in [-0.3, -0.25) is 19.9 Å². The van der Waals surface area contributed by atoms with Crippen LogP contribution in [0.2, 0.25) is 0 Å².